The minimum atomic E-state index is -0.798. The lowest BCUT2D eigenvalue weighted by Crippen LogP contribution is -2.35. The monoisotopic (exact) mass is 590 g/mol. The Kier molecular flexibility index (Phi) is 10.1. The Labute approximate surface area is 255 Å². The third-order valence-corrected chi connectivity index (χ3v) is 10.4. The zero-order valence-corrected chi connectivity index (χ0v) is 26.2. The Balaban J connectivity index is 1.47. The molecule has 0 heterocycles. The summed E-state index contributed by atoms with van der Waals surface area (Å²) in [5, 5.41) is 22.5. The predicted molar refractivity (Wildman–Crippen MR) is 169 cm³/mol. The number of fused-ring (bicyclic) bond motifs is 1. The number of nitrogens with zero attached hydrogens (tertiary/aromatic N) is 2. The van der Waals surface area contributed by atoms with E-state index in [0.717, 1.165) is 35.8 Å². The quantitative estimate of drug-likeness (QED) is 0.123. The molecule has 232 valence electrons. The number of nitro benzene ring substituents is 2. The number of nitro groups is 2. The molecule has 4 rings (SSSR count). The predicted octanol–water partition coefficient (Wildman–Crippen LogP) is 9.32. The summed E-state index contributed by atoms with van der Waals surface area (Å²) >= 11 is 0. The first kappa shape index (κ1) is 32.4. The van der Waals surface area contributed by atoms with E-state index in [9.17, 15) is 25.0 Å². The maximum atomic E-state index is 12.9. The molecule has 0 radical (unpaired) electrons. The first-order valence-corrected chi connectivity index (χ1v) is 15.7. The van der Waals surface area contributed by atoms with Crippen LogP contribution >= 0.6 is 0 Å². The Bertz CT molecular complexity index is 1330. The number of allylic oxidation sites excluding steroid dienone is 6. The van der Waals surface area contributed by atoms with Gasteiger partial charge in [-0.05, 0) is 85.5 Å². The number of benzene rings is 1. The second-order valence-corrected chi connectivity index (χ2v) is 13.5. The highest BCUT2D eigenvalue weighted by molar-refractivity contribution is 5.91. The van der Waals surface area contributed by atoms with Gasteiger partial charge in [-0.25, -0.2) is 4.79 Å². The molecule has 43 heavy (non-hydrogen) atoms. The molecule has 0 saturated heterocycles. The van der Waals surface area contributed by atoms with Crippen LogP contribution in [0.15, 0.2) is 65.8 Å². The zero-order valence-electron chi connectivity index (χ0n) is 26.2. The highest BCUT2D eigenvalue weighted by atomic mass is 16.6. The van der Waals surface area contributed by atoms with Gasteiger partial charge in [-0.1, -0.05) is 76.6 Å². The molecule has 0 bridgehead atoms. The first-order chi connectivity index (χ1) is 20.3. The number of rotatable bonds is 9. The molecular weight excluding hydrogens is 544 g/mol. The van der Waals surface area contributed by atoms with Gasteiger partial charge in [0.15, 0.2) is 0 Å². The summed E-state index contributed by atoms with van der Waals surface area (Å²) in [6.45, 7) is 16.0. The number of ether oxygens (including phenoxy) is 1. The van der Waals surface area contributed by atoms with Crippen molar-refractivity contribution < 1.29 is 19.4 Å². The molecule has 0 aliphatic heterocycles. The zero-order chi connectivity index (χ0) is 31.5. The van der Waals surface area contributed by atoms with Crippen LogP contribution in [0.1, 0.15) is 96.3 Å². The van der Waals surface area contributed by atoms with Crippen LogP contribution in [0, 0.1) is 55.2 Å². The van der Waals surface area contributed by atoms with Crippen molar-refractivity contribution in [3.05, 3.63) is 91.6 Å². The summed E-state index contributed by atoms with van der Waals surface area (Å²) in [7, 11) is 0. The third-order valence-electron chi connectivity index (χ3n) is 10.4. The summed E-state index contributed by atoms with van der Waals surface area (Å²) in [6.07, 6.45) is 16.6. The standard InChI is InChI=1S/C35H46N2O6/c1-22(2)23(3)9-10-25(5)32-15-16-33-26(8-7-17-35(32,33)6)12-13-27-20-31(14-11-24(27)4)43-34(38)28-18-29(36(39)40)21-30(19-28)37(41)42/h9-10,12-13,18-19,21-23,25,31-33H,4,7-8,11,14-17,20H2,1-3,5-6H3/b10-9+,26-12+,27-13+/t23?,25?,31?,32?,33?,35-/m1/s1. The molecule has 6 atom stereocenters. The fraction of sp³-hybridized carbons (Fsp3) is 0.571. The SMILES string of the molecule is C=C1CCC(OC(=O)c2cc([N+](=O)[O-])cc([N+](=O)[O-])c2)C/C1=C\C=C1/CCC[C@@]2(C)C1CCC2C(C)/C=C/C(C)C(C)C. The Morgan fingerprint density at radius 1 is 1.00 bits per heavy atom. The van der Waals surface area contributed by atoms with Crippen molar-refractivity contribution in [2.75, 3.05) is 0 Å². The van der Waals surface area contributed by atoms with Gasteiger partial charge in [0.25, 0.3) is 11.4 Å². The summed E-state index contributed by atoms with van der Waals surface area (Å²) in [5.41, 5.74) is 2.63. The van der Waals surface area contributed by atoms with Gasteiger partial charge in [-0.2, -0.15) is 0 Å². The minimum Gasteiger partial charge on any atom is -0.458 e. The number of hydrogen-bond acceptors (Lipinski definition) is 6. The molecule has 3 aliphatic rings. The molecule has 0 aromatic heterocycles. The molecule has 8 nitrogen and oxygen atoms in total. The number of esters is 1. The molecule has 0 N–H and O–H groups in total. The molecule has 0 amide bonds. The van der Waals surface area contributed by atoms with E-state index in [1.165, 1.54) is 31.3 Å². The van der Waals surface area contributed by atoms with Crippen molar-refractivity contribution in [2.24, 2.45) is 35.0 Å². The van der Waals surface area contributed by atoms with E-state index < -0.39 is 33.3 Å². The van der Waals surface area contributed by atoms with Crippen LogP contribution in [0.5, 0.6) is 0 Å². The van der Waals surface area contributed by atoms with Crippen LogP contribution in [0.25, 0.3) is 0 Å². The van der Waals surface area contributed by atoms with Gasteiger partial charge in [0.1, 0.15) is 6.10 Å². The number of carbonyl (C=O) groups excluding carboxylic acids is 1. The lowest BCUT2D eigenvalue weighted by Gasteiger charge is -2.44. The molecule has 3 fully saturated rings. The molecule has 1 aromatic carbocycles. The van der Waals surface area contributed by atoms with E-state index in [4.69, 9.17) is 4.74 Å². The average molecular weight is 591 g/mol. The van der Waals surface area contributed by atoms with Gasteiger partial charge in [0.05, 0.1) is 21.5 Å². The Hall–Kier alpha value is -3.55. The summed E-state index contributed by atoms with van der Waals surface area (Å²) in [5.74, 6) is 2.21. The fourth-order valence-corrected chi connectivity index (χ4v) is 7.47. The van der Waals surface area contributed by atoms with Crippen LogP contribution < -0.4 is 0 Å². The molecule has 3 saturated carbocycles. The third kappa shape index (κ3) is 7.34. The van der Waals surface area contributed by atoms with E-state index in [-0.39, 0.29) is 11.0 Å². The minimum absolute atomic E-state index is 0.196. The van der Waals surface area contributed by atoms with Gasteiger partial charge in [-0.15, -0.1) is 0 Å². The topological polar surface area (TPSA) is 113 Å². The second kappa shape index (κ2) is 13.4. The highest BCUT2D eigenvalue weighted by Gasteiger charge is 2.50. The van der Waals surface area contributed by atoms with Crippen LogP contribution in [0.3, 0.4) is 0 Å². The van der Waals surface area contributed by atoms with E-state index in [1.807, 2.05) is 0 Å². The molecule has 3 aliphatic carbocycles. The highest BCUT2D eigenvalue weighted by Crippen LogP contribution is 2.59. The molecule has 8 heteroatoms. The van der Waals surface area contributed by atoms with Gasteiger partial charge in [-0.3, -0.25) is 20.2 Å². The first-order valence-electron chi connectivity index (χ1n) is 15.7. The van der Waals surface area contributed by atoms with Crippen molar-refractivity contribution in [3.63, 3.8) is 0 Å². The fourth-order valence-electron chi connectivity index (χ4n) is 7.47. The maximum Gasteiger partial charge on any atom is 0.338 e. The average Bonchev–Trinajstić information content (AvgIpc) is 3.33. The Morgan fingerprint density at radius 3 is 2.30 bits per heavy atom. The maximum absolute atomic E-state index is 12.9. The van der Waals surface area contributed by atoms with Crippen molar-refractivity contribution in [1.29, 1.82) is 0 Å². The summed E-state index contributed by atoms with van der Waals surface area (Å²) < 4.78 is 5.70. The largest absolute Gasteiger partial charge is 0.458 e. The van der Waals surface area contributed by atoms with E-state index in [1.54, 1.807) is 0 Å². The van der Waals surface area contributed by atoms with Crippen LogP contribution in [0.4, 0.5) is 11.4 Å². The summed E-state index contributed by atoms with van der Waals surface area (Å²) in [4.78, 5) is 33.9. The van der Waals surface area contributed by atoms with Gasteiger partial charge >= 0.3 is 5.97 Å². The van der Waals surface area contributed by atoms with Gasteiger partial charge in [0, 0.05) is 18.6 Å². The van der Waals surface area contributed by atoms with E-state index in [0.29, 0.717) is 48.9 Å². The van der Waals surface area contributed by atoms with Crippen LogP contribution in [0.2, 0.25) is 0 Å². The van der Waals surface area contributed by atoms with Crippen molar-refractivity contribution in [3.8, 4) is 0 Å². The smallest absolute Gasteiger partial charge is 0.338 e. The van der Waals surface area contributed by atoms with Crippen molar-refractivity contribution in [1.82, 2.24) is 0 Å². The van der Waals surface area contributed by atoms with Crippen molar-refractivity contribution >= 4 is 17.3 Å². The van der Waals surface area contributed by atoms with E-state index in [2.05, 4.69) is 65.5 Å². The van der Waals surface area contributed by atoms with E-state index >= 15 is 0 Å². The molecule has 0 spiro atoms. The molecule has 1 aromatic rings. The van der Waals surface area contributed by atoms with Crippen molar-refractivity contribution in [2.45, 2.75) is 92.1 Å². The number of carbonyl (C=O) groups is 1. The number of hydrogen-bond donors (Lipinski definition) is 0. The summed E-state index contributed by atoms with van der Waals surface area (Å²) in [6, 6.07) is 2.88. The number of non-ortho nitro benzene ring substituents is 2. The van der Waals surface area contributed by atoms with Crippen LogP contribution in [-0.4, -0.2) is 21.9 Å². The molecule has 5 unspecified atom stereocenters. The Morgan fingerprint density at radius 2 is 1.67 bits per heavy atom. The normalized spacial score (nSPS) is 29.2. The lowest BCUT2D eigenvalue weighted by molar-refractivity contribution is -0.394. The van der Waals surface area contributed by atoms with Gasteiger partial charge in [0.2, 0.25) is 0 Å². The lowest BCUT2D eigenvalue weighted by atomic mass is 9.61. The second-order valence-electron chi connectivity index (χ2n) is 13.5. The molecular formula is C35H46N2O6. The van der Waals surface area contributed by atoms with Crippen LogP contribution in [-0.2, 0) is 4.74 Å². The van der Waals surface area contributed by atoms with Gasteiger partial charge < -0.3 is 4.74 Å².